The Bertz CT molecular complexity index is 389. The lowest BCUT2D eigenvalue weighted by atomic mass is 10.2. The monoisotopic (exact) mass is 235 g/mol. The molecule has 0 bridgehead atoms. The Hall–Kier alpha value is -1.04. The van der Waals surface area contributed by atoms with Crippen LogP contribution in [0, 0.1) is 6.92 Å². The SMILES string of the molecule is CC(=O)Sc1ncc(C(F)(F)F)cc1C. The van der Waals surface area contributed by atoms with Gasteiger partial charge in [0, 0.05) is 13.1 Å². The van der Waals surface area contributed by atoms with Crippen molar-refractivity contribution in [3.05, 3.63) is 23.4 Å². The molecular formula is C9H8F3NOS. The van der Waals surface area contributed by atoms with Gasteiger partial charge in [0.1, 0.15) is 5.03 Å². The Morgan fingerprint density at radius 2 is 2.07 bits per heavy atom. The molecule has 0 aromatic carbocycles. The largest absolute Gasteiger partial charge is 0.417 e. The molecule has 0 radical (unpaired) electrons. The Morgan fingerprint density at radius 1 is 1.47 bits per heavy atom. The first kappa shape index (κ1) is 12.0. The fourth-order valence-corrected chi connectivity index (χ4v) is 1.56. The standard InChI is InChI=1S/C9H8F3NOS/c1-5-3-7(9(10,11)12)4-13-8(5)15-6(2)14/h3-4H,1-2H3. The van der Waals surface area contributed by atoms with Gasteiger partial charge in [-0.25, -0.2) is 4.98 Å². The van der Waals surface area contributed by atoms with E-state index < -0.39 is 11.7 Å². The predicted octanol–water partition coefficient (Wildman–Crippen LogP) is 3.05. The van der Waals surface area contributed by atoms with E-state index in [9.17, 15) is 18.0 Å². The summed E-state index contributed by atoms with van der Waals surface area (Å²) < 4.78 is 36.7. The van der Waals surface area contributed by atoms with Crippen LogP contribution in [0.3, 0.4) is 0 Å². The third-order valence-electron chi connectivity index (χ3n) is 1.60. The highest BCUT2D eigenvalue weighted by Crippen LogP contribution is 2.31. The molecule has 82 valence electrons. The summed E-state index contributed by atoms with van der Waals surface area (Å²) in [6.07, 6.45) is -3.66. The van der Waals surface area contributed by atoms with Gasteiger partial charge in [-0.2, -0.15) is 13.2 Å². The van der Waals surface area contributed by atoms with Crippen molar-refractivity contribution in [3.8, 4) is 0 Å². The van der Waals surface area contributed by atoms with E-state index in [1.807, 2.05) is 0 Å². The van der Waals surface area contributed by atoms with E-state index in [-0.39, 0.29) is 5.12 Å². The zero-order valence-corrected chi connectivity index (χ0v) is 8.87. The Labute approximate surface area is 88.9 Å². The van der Waals surface area contributed by atoms with Crippen LogP contribution >= 0.6 is 11.8 Å². The molecule has 0 aliphatic heterocycles. The molecule has 1 aromatic heterocycles. The molecule has 0 saturated heterocycles. The minimum absolute atomic E-state index is 0.203. The number of thioether (sulfide) groups is 1. The maximum atomic E-state index is 12.2. The first-order valence-electron chi connectivity index (χ1n) is 4.03. The number of hydrogen-bond acceptors (Lipinski definition) is 3. The minimum atomic E-state index is -4.39. The summed E-state index contributed by atoms with van der Waals surface area (Å²) in [4.78, 5) is 14.4. The average Bonchev–Trinajstić information content (AvgIpc) is 2.05. The molecule has 0 unspecified atom stereocenters. The first-order valence-corrected chi connectivity index (χ1v) is 4.84. The summed E-state index contributed by atoms with van der Waals surface area (Å²) >= 11 is 0.827. The van der Waals surface area contributed by atoms with Gasteiger partial charge in [0.25, 0.3) is 0 Å². The molecule has 0 fully saturated rings. The van der Waals surface area contributed by atoms with Crippen molar-refractivity contribution in [1.29, 1.82) is 0 Å². The number of rotatable bonds is 1. The molecule has 0 amide bonds. The summed E-state index contributed by atoms with van der Waals surface area (Å²) in [5, 5.41) is 0.112. The van der Waals surface area contributed by atoms with Crippen molar-refractivity contribution < 1.29 is 18.0 Å². The molecule has 0 aliphatic carbocycles. The van der Waals surface area contributed by atoms with Crippen molar-refractivity contribution in [2.45, 2.75) is 25.0 Å². The number of pyridine rings is 1. The number of nitrogens with zero attached hydrogens (tertiary/aromatic N) is 1. The molecule has 1 heterocycles. The van der Waals surface area contributed by atoms with E-state index in [1.165, 1.54) is 13.8 Å². The molecule has 0 saturated carbocycles. The molecular weight excluding hydrogens is 227 g/mol. The molecule has 0 N–H and O–H groups in total. The third-order valence-corrected chi connectivity index (χ3v) is 2.51. The van der Waals surface area contributed by atoms with Crippen LogP contribution in [-0.2, 0) is 11.0 Å². The molecule has 0 aliphatic rings. The van der Waals surface area contributed by atoms with Gasteiger partial charge in [0.15, 0.2) is 5.12 Å². The number of aryl methyl sites for hydroxylation is 1. The Kier molecular flexibility index (Phi) is 3.38. The first-order chi connectivity index (χ1) is 6.80. The van der Waals surface area contributed by atoms with Crippen molar-refractivity contribution >= 4 is 16.9 Å². The van der Waals surface area contributed by atoms with Crippen molar-refractivity contribution in [2.24, 2.45) is 0 Å². The van der Waals surface area contributed by atoms with E-state index in [4.69, 9.17) is 0 Å². The summed E-state index contributed by atoms with van der Waals surface area (Å²) in [7, 11) is 0. The second kappa shape index (κ2) is 4.22. The van der Waals surface area contributed by atoms with Crippen LogP contribution in [0.25, 0.3) is 0 Å². The van der Waals surface area contributed by atoms with Crippen LogP contribution in [-0.4, -0.2) is 10.1 Å². The number of aromatic nitrogens is 1. The highest BCUT2D eigenvalue weighted by molar-refractivity contribution is 8.13. The van der Waals surface area contributed by atoms with Crippen LogP contribution in [0.5, 0.6) is 0 Å². The number of hydrogen-bond donors (Lipinski definition) is 0. The number of alkyl halides is 3. The topological polar surface area (TPSA) is 30.0 Å². The summed E-state index contributed by atoms with van der Waals surface area (Å²) in [5.41, 5.74) is -0.446. The minimum Gasteiger partial charge on any atom is -0.287 e. The van der Waals surface area contributed by atoms with E-state index in [1.54, 1.807) is 0 Å². The Balaban J connectivity index is 3.03. The second-order valence-electron chi connectivity index (χ2n) is 2.94. The van der Waals surface area contributed by atoms with Gasteiger partial charge in [-0.3, -0.25) is 4.79 Å². The van der Waals surface area contributed by atoms with Gasteiger partial charge in [0.2, 0.25) is 0 Å². The van der Waals surface area contributed by atoms with Crippen molar-refractivity contribution in [3.63, 3.8) is 0 Å². The predicted molar refractivity (Wildman–Crippen MR) is 50.5 cm³/mol. The second-order valence-corrected chi connectivity index (χ2v) is 4.10. The van der Waals surface area contributed by atoms with Crippen LogP contribution in [0.1, 0.15) is 18.1 Å². The summed E-state index contributed by atoms with van der Waals surface area (Å²) in [6.45, 7) is 2.83. The lowest BCUT2D eigenvalue weighted by Gasteiger charge is -2.08. The summed E-state index contributed by atoms with van der Waals surface area (Å²) in [5.74, 6) is 0. The van der Waals surface area contributed by atoms with Gasteiger partial charge in [0.05, 0.1) is 5.56 Å². The lowest BCUT2D eigenvalue weighted by Crippen LogP contribution is -2.06. The zero-order chi connectivity index (χ0) is 11.6. The fourth-order valence-electron chi connectivity index (χ4n) is 0.960. The quantitative estimate of drug-likeness (QED) is 0.701. The van der Waals surface area contributed by atoms with Crippen molar-refractivity contribution in [2.75, 3.05) is 0 Å². The summed E-state index contributed by atoms with van der Waals surface area (Å²) in [6, 6.07) is 0.984. The van der Waals surface area contributed by atoms with Crippen molar-refractivity contribution in [1.82, 2.24) is 4.98 Å². The molecule has 15 heavy (non-hydrogen) atoms. The van der Waals surface area contributed by atoms with Gasteiger partial charge < -0.3 is 0 Å². The van der Waals surface area contributed by atoms with Crippen LogP contribution in [0.15, 0.2) is 17.3 Å². The lowest BCUT2D eigenvalue weighted by molar-refractivity contribution is -0.137. The molecule has 0 atom stereocenters. The zero-order valence-electron chi connectivity index (χ0n) is 8.05. The number of carbonyl (C=O) groups is 1. The Morgan fingerprint density at radius 3 is 2.47 bits per heavy atom. The van der Waals surface area contributed by atoms with Gasteiger partial charge in [-0.15, -0.1) is 0 Å². The molecule has 1 aromatic rings. The van der Waals surface area contributed by atoms with Gasteiger partial charge in [-0.1, -0.05) is 0 Å². The van der Waals surface area contributed by atoms with E-state index >= 15 is 0 Å². The van der Waals surface area contributed by atoms with Crippen LogP contribution in [0.2, 0.25) is 0 Å². The maximum Gasteiger partial charge on any atom is 0.417 e. The maximum absolute atomic E-state index is 12.2. The normalized spacial score (nSPS) is 11.5. The number of halogens is 3. The molecule has 1 rings (SSSR count). The van der Waals surface area contributed by atoms with Crippen LogP contribution < -0.4 is 0 Å². The van der Waals surface area contributed by atoms with Gasteiger partial charge in [-0.05, 0) is 30.3 Å². The highest BCUT2D eigenvalue weighted by Gasteiger charge is 2.31. The van der Waals surface area contributed by atoms with E-state index in [0.29, 0.717) is 10.6 Å². The molecule has 2 nitrogen and oxygen atoms in total. The van der Waals surface area contributed by atoms with Gasteiger partial charge >= 0.3 is 6.18 Å². The number of carbonyl (C=O) groups excluding carboxylic acids is 1. The molecule has 0 spiro atoms. The smallest absolute Gasteiger partial charge is 0.287 e. The molecule has 6 heteroatoms. The van der Waals surface area contributed by atoms with E-state index in [2.05, 4.69) is 4.98 Å². The third kappa shape index (κ3) is 3.23. The van der Waals surface area contributed by atoms with Crippen LogP contribution in [0.4, 0.5) is 13.2 Å². The van der Waals surface area contributed by atoms with E-state index in [0.717, 1.165) is 24.0 Å². The average molecular weight is 235 g/mol. The fraction of sp³-hybridized carbons (Fsp3) is 0.333. The highest BCUT2D eigenvalue weighted by atomic mass is 32.2.